The van der Waals surface area contributed by atoms with E-state index in [1.165, 1.54) is 0 Å². The van der Waals surface area contributed by atoms with Gasteiger partial charge in [-0.05, 0) is 5.41 Å². The number of aliphatic carboxylic acids is 1. The lowest BCUT2D eigenvalue weighted by Crippen LogP contribution is -2.11. The molecule has 3 nitrogen and oxygen atoms in total. The van der Waals surface area contributed by atoms with Gasteiger partial charge in [0.15, 0.2) is 0 Å². The van der Waals surface area contributed by atoms with Gasteiger partial charge in [-0.3, -0.25) is 4.79 Å². The average molecular weight is 232 g/mol. The molecule has 0 bridgehead atoms. The summed E-state index contributed by atoms with van der Waals surface area (Å²) in [5, 5.41) is 9.73. The minimum atomic E-state index is -0.839. The minimum absolute atomic E-state index is 0.000591. The summed E-state index contributed by atoms with van der Waals surface area (Å²) < 4.78 is 5.54. The van der Waals surface area contributed by atoms with Gasteiger partial charge in [-0.25, -0.2) is 0 Å². The highest BCUT2D eigenvalue weighted by atomic mass is 16.4. The highest BCUT2D eigenvalue weighted by Crippen LogP contribution is 2.32. The molecule has 0 saturated heterocycles. The van der Waals surface area contributed by atoms with E-state index in [9.17, 15) is 4.79 Å². The van der Waals surface area contributed by atoms with Crippen LogP contribution in [0.1, 0.15) is 31.9 Å². The highest BCUT2D eigenvalue weighted by Gasteiger charge is 2.20. The summed E-state index contributed by atoms with van der Waals surface area (Å²) in [6.07, 6.45) is 1.55. The first-order valence-corrected chi connectivity index (χ1v) is 5.61. The van der Waals surface area contributed by atoms with Crippen molar-refractivity contribution in [2.24, 2.45) is 0 Å². The van der Waals surface area contributed by atoms with Crippen LogP contribution in [0.4, 0.5) is 0 Å². The number of carboxylic acids is 1. The van der Waals surface area contributed by atoms with E-state index in [-0.39, 0.29) is 11.8 Å². The fraction of sp³-hybridized carbons (Fsp3) is 0.357. The molecule has 2 rings (SSSR count). The molecule has 90 valence electrons. The van der Waals surface area contributed by atoms with E-state index in [2.05, 4.69) is 20.8 Å². The summed E-state index contributed by atoms with van der Waals surface area (Å²) in [5.74, 6) is -0.839. The molecular weight excluding hydrogens is 216 g/mol. The standard InChI is InChI=1S/C14H16O3/c1-14(2,3)11-6-4-5-10-9(7-12(15)16)8-17-13(10)11/h4-6,8H,7H2,1-3H3,(H,15,16). The average Bonchev–Trinajstić information content (AvgIpc) is 2.59. The van der Waals surface area contributed by atoms with Gasteiger partial charge in [-0.2, -0.15) is 0 Å². The van der Waals surface area contributed by atoms with E-state index in [4.69, 9.17) is 9.52 Å². The zero-order valence-corrected chi connectivity index (χ0v) is 10.3. The van der Waals surface area contributed by atoms with Gasteiger partial charge in [0, 0.05) is 16.5 Å². The van der Waals surface area contributed by atoms with Crippen LogP contribution in [0.15, 0.2) is 28.9 Å². The number of furan rings is 1. The lowest BCUT2D eigenvalue weighted by molar-refractivity contribution is -0.136. The number of fused-ring (bicyclic) bond motifs is 1. The van der Waals surface area contributed by atoms with Crippen molar-refractivity contribution < 1.29 is 14.3 Å². The van der Waals surface area contributed by atoms with Gasteiger partial charge < -0.3 is 9.52 Å². The Balaban J connectivity index is 2.61. The number of rotatable bonds is 2. The van der Waals surface area contributed by atoms with Crippen LogP contribution >= 0.6 is 0 Å². The van der Waals surface area contributed by atoms with Crippen molar-refractivity contribution >= 4 is 16.9 Å². The number of hydrogen-bond donors (Lipinski definition) is 1. The molecule has 0 aliphatic heterocycles. The van der Waals surface area contributed by atoms with Crippen molar-refractivity contribution in [1.82, 2.24) is 0 Å². The minimum Gasteiger partial charge on any atom is -0.481 e. The Hall–Kier alpha value is -1.77. The second-order valence-electron chi connectivity index (χ2n) is 5.26. The Kier molecular flexibility index (Phi) is 2.69. The molecule has 0 spiro atoms. The molecule has 0 aliphatic carbocycles. The topological polar surface area (TPSA) is 50.4 Å². The Bertz CT molecular complexity index is 558. The fourth-order valence-electron chi connectivity index (χ4n) is 2.00. The molecule has 0 fully saturated rings. The van der Waals surface area contributed by atoms with Crippen molar-refractivity contribution in [3.63, 3.8) is 0 Å². The molecule has 1 aromatic heterocycles. The van der Waals surface area contributed by atoms with Crippen molar-refractivity contribution in [2.75, 3.05) is 0 Å². The van der Waals surface area contributed by atoms with Gasteiger partial charge in [0.25, 0.3) is 0 Å². The number of benzene rings is 1. The van der Waals surface area contributed by atoms with Crippen LogP contribution < -0.4 is 0 Å². The molecule has 17 heavy (non-hydrogen) atoms. The van der Waals surface area contributed by atoms with E-state index < -0.39 is 5.97 Å². The summed E-state index contributed by atoms with van der Waals surface area (Å²) in [6.45, 7) is 6.34. The normalized spacial score (nSPS) is 11.9. The largest absolute Gasteiger partial charge is 0.481 e. The zero-order chi connectivity index (χ0) is 12.6. The van der Waals surface area contributed by atoms with E-state index in [0.29, 0.717) is 0 Å². The lowest BCUT2D eigenvalue weighted by Gasteiger charge is -2.18. The second-order valence-corrected chi connectivity index (χ2v) is 5.26. The molecule has 0 radical (unpaired) electrons. The van der Waals surface area contributed by atoms with Crippen molar-refractivity contribution in [2.45, 2.75) is 32.6 Å². The van der Waals surface area contributed by atoms with Crippen LogP contribution in [0.2, 0.25) is 0 Å². The maximum Gasteiger partial charge on any atom is 0.307 e. The summed E-state index contributed by atoms with van der Waals surface area (Å²) in [5.41, 5.74) is 2.62. The van der Waals surface area contributed by atoms with E-state index >= 15 is 0 Å². The summed E-state index contributed by atoms with van der Waals surface area (Å²) in [6, 6.07) is 5.88. The second kappa shape index (κ2) is 3.91. The number of para-hydroxylation sites is 1. The maximum absolute atomic E-state index is 10.8. The van der Waals surface area contributed by atoms with Gasteiger partial charge >= 0.3 is 5.97 Å². The molecule has 2 aromatic rings. The Labute approximate surface area is 100 Å². The van der Waals surface area contributed by atoms with E-state index in [1.807, 2.05) is 18.2 Å². The third-order valence-corrected chi connectivity index (χ3v) is 2.83. The molecule has 3 heteroatoms. The highest BCUT2D eigenvalue weighted by molar-refractivity contribution is 5.87. The molecule has 0 amide bonds. The number of carbonyl (C=O) groups is 1. The monoisotopic (exact) mass is 232 g/mol. The van der Waals surface area contributed by atoms with Crippen molar-refractivity contribution in [1.29, 1.82) is 0 Å². The Morgan fingerprint density at radius 1 is 1.35 bits per heavy atom. The van der Waals surface area contributed by atoms with Crippen LogP contribution in [0.25, 0.3) is 11.0 Å². The zero-order valence-electron chi connectivity index (χ0n) is 10.3. The summed E-state index contributed by atoms with van der Waals surface area (Å²) in [7, 11) is 0. The summed E-state index contributed by atoms with van der Waals surface area (Å²) >= 11 is 0. The first-order valence-electron chi connectivity index (χ1n) is 5.61. The molecule has 0 aliphatic rings. The van der Waals surface area contributed by atoms with Crippen LogP contribution in [-0.4, -0.2) is 11.1 Å². The fourth-order valence-corrected chi connectivity index (χ4v) is 2.00. The molecule has 1 heterocycles. The first-order chi connectivity index (χ1) is 7.89. The SMILES string of the molecule is CC(C)(C)c1cccc2c(CC(=O)O)coc12. The maximum atomic E-state index is 10.8. The van der Waals surface area contributed by atoms with Gasteiger partial charge in [-0.1, -0.05) is 39.0 Å². The van der Waals surface area contributed by atoms with Crippen LogP contribution in [-0.2, 0) is 16.6 Å². The molecule has 1 aromatic carbocycles. The van der Waals surface area contributed by atoms with Gasteiger partial charge in [0.1, 0.15) is 5.58 Å². The predicted molar refractivity (Wildman–Crippen MR) is 66.3 cm³/mol. The number of hydrogen-bond acceptors (Lipinski definition) is 2. The first kappa shape index (κ1) is 11.7. The van der Waals surface area contributed by atoms with Gasteiger partial charge in [0.05, 0.1) is 12.7 Å². The smallest absolute Gasteiger partial charge is 0.307 e. The molecular formula is C14H16O3. The third kappa shape index (κ3) is 2.18. The van der Waals surface area contributed by atoms with E-state index in [1.54, 1.807) is 6.26 Å². The van der Waals surface area contributed by atoms with Crippen molar-refractivity contribution in [3.05, 3.63) is 35.6 Å². The molecule has 1 N–H and O–H groups in total. The Morgan fingerprint density at radius 2 is 2.06 bits per heavy atom. The molecule has 0 unspecified atom stereocenters. The lowest BCUT2D eigenvalue weighted by atomic mass is 9.86. The number of carboxylic acid groups (broad SMARTS) is 1. The van der Waals surface area contributed by atoms with Crippen molar-refractivity contribution in [3.8, 4) is 0 Å². The quantitative estimate of drug-likeness (QED) is 0.863. The molecule has 0 atom stereocenters. The van der Waals surface area contributed by atoms with Gasteiger partial charge in [-0.15, -0.1) is 0 Å². The van der Waals surface area contributed by atoms with Crippen LogP contribution in [0.5, 0.6) is 0 Å². The van der Waals surface area contributed by atoms with Gasteiger partial charge in [0.2, 0.25) is 0 Å². The predicted octanol–water partition coefficient (Wildman–Crippen LogP) is 3.36. The summed E-state index contributed by atoms with van der Waals surface area (Å²) in [4.78, 5) is 10.8. The Morgan fingerprint density at radius 3 is 2.65 bits per heavy atom. The van der Waals surface area contributed by atoms with Crippen LogP contribution in [0.3, 0.4) is 0 Å². The molecule has 0 saturated carbocycles. The van der Waals surface area contributed by atoms with Crippen LogP contribution in [0, 0.1) is 0 Å². The van der Waals surface area contributed by atoms with E-state index in [0.717, 1.165) is 22.1 Å². The third-order valence-electron chi connectivity index (χ3n) is 2.83.